The quantitative estimate of drug-likeness (QED) is 0.412. The summed E-state index contributed by atoms with van der Waals surface area (Å²) in [5, 5.41) is 16.1. The second kappa shape index (κ2) is 12.0. The molecule has 2 fully saturated rings. The molecule has 2 saturated carbocycles. The summed E-state index contributed by atoms with van der Waals surface area (Å²) < 4.78 is 5.82. The number of nitrogens with one attached hydrogen (secondary N) is 2. The van der Waals surface area contributed by atoms with Crippen LogP contribution in [0.3, 0.4) is 0 Å². The van der Waals surface area contributed by atoms with Gasteiger partial charge in [0.2, 0.25) is 11.8 Å². The molecule has 1 heterocycles. The Balaban J connectivity index is 1.49. The van der Waals surface area contributed by atoms with E-state index in [9.17, 15) is 19.5 Å². The fraction of sp³-hybridized carbons (Fsp3) is 0.621. The molecule has 7 nitrogen and oxygen atoms in total. The predicted octanol–water partition coefficient (Wildman–Crippen LogP) is 3.60. The molecule has 36 heavy (non-hydrogen) atoms. The van der Waals surface area contributed by atoms with Gasteiger partial charge in [-0.15, -0.1) is 0 Å². The lowest BCUT2D eigenvalue weighted by atomic mass is 9.91. The predicted molar refractivity (Wildman–Crippen MR) is 137 cm³/mol. The molecule has 0 radical (unpaired) electrons. The number of ether oxygens (including phenoxy) is 1. The van der Waals surface area contributed by atoms with Gasteiger partial charge in [-0.3, -0.25) is 14.4 Å². The molecule has 196 valence electrons. The molecule has 0 unspecified atom stereocenters. The SMILES string of the molecule is O=C(C[C@H]1CC=CC[C@H](Cc2ccccc2)C(=O)OCC2(CCCC2)NC1=O)NC1(CO)CCCC1. The Bertz CT molecular complexity index is 932. The van der Waals surface area contributed by atoms with Crippen LogP contribution in [0.1, 0.15) is 76.2 Å². The number of esters is 1. The first-order chi connectivity index (χ1) is 17.4. The summed E-state index contributed by atoms with van der Waals surface area (Å²) in [7, 11) is 0. The highest BCUT2D eigenvalue weighted by Gasteiger charge is 2.40. The lowest BCUT2D eigenvalue weighted by molar-refractivity contribution is -0.152. The van der Waals surface area contributed by atoms with Gasteiger partial charge in [-0.1, -0.05) is 68.2 Å². The van der Waals surface area contributed by atoms with Crippen molar-refractivity contribution in [2.45, 2.75) is 88.1 Å². The van der Waals surface area contributed by atoms with E-state index < -0.39 is 17.0 Å². The highest BCUT2D eigenvalue weighted by molar-refractivity contribution is 5.86. The third-order valence-electron chi connectivity index (χ3n) is 8.18. The van der Waals surface area contributed by atoms with E-state index >= 15 is 0 Å². The van der Waals surface area contributed by atoms with Gasteiger partial charge in [0.25, 0.3) is 0 Å². The van der Waals surface area contributed by atoms with Crippen LogP contribution in [-0.4, -0.2) is 47.2 Å². The summed E-state index contributed by atoms with van der Waals surface area (Å²) in [5.41, 5.74) is -0.0390. The molecule has 3 aliphatic rings. The lowest BCUT2D eigenvalue weighted by Crippen LogP contribution is -2.53. The van der Waals surface area contributed by atoms with E-state index in [1.807, 2.05) is 42.5 Å². The third-order valence-corrected chi connectivity index (χ3v) is 8.18. The Morgan fingerprint density at radius 2 is 1.61 bits per heavy atom. The Hall–Kier alpha value is -2.67. The second-order valence-electron chi connectivity index (χ2n) is 11.0. The normalized spacial score (nSPS) is 26.0. The van der Waals surface area contributed by atoms with E-state index in [1.54, 1.807) is 0 Å². The number of hydrogen-bond acceptors (Lipinski definition) is 5. The maximum atomic E-state index is 13.4. The zero-order chi connectivity index (χ0) is 25.4. The van der Waals surface area contributed by atoms with E-state index in [0.29, 0.717) is 19.3 Å². The van der Waals surface area contributed by atoms with Crippen LogP contribution in [0.4, 0.5) is 0 Å². The van der Waals surface area contributed by atoms with Gasteiger partial charge >= 0.3 is 5.97 Å². The van der Waals surface area contributed by atoms with E-state index in [4.69, 9.17) is 4.74 Å². The minimum Gasteiger partial charge on any atom is -0.463 e. The van der Waals surface area contributed by atoms with Gasteiger partial charge in [0.15, 0.2) is 0 Å². The number of aliphatic hydroxyl groups is 1. The van der Waals surface area contributed by atoms with Crippen molar-refractivity contribution in [3.05, 3.63) is 48.0 Å². The number of amides is 2. The largest absolute Gasteiger partial charge is 0.463 e. The van der Waals surface area contributed by atoms with Gasteiger partial charge in [-0.25, -0.2) is 0 Å². The molecule has 2 atom stereocenters. The summed E-state index contributed by atoms with van der Waals surface area (Å²) >= 11 is 0. The van der Waals surface area contributed by atoms with E-state index in [2.05, 4.69) is 10.6 Å². The Morgan fingerprint density at radius 3 is 2.28 bits per heavy atom. The van der Waals surface area contributed by atoms with Gasteiger partial charge in [-0.05, 0) is 50.5 Å². The number of benzene rings is 1. The van der Waals surface area contributed by atoms with Crippen molar-refractivity contribution >= 4 is 17.8 Å². The molecule has 0 saturated heterocycles. The Kier molecular flexibility index (Phi) is 8.83. The Labute approximate surface area is 214 Å². The number of carbonyl (C=O) groups excluding carboxylic acids is 3. The summed E-state index contributed by atoms with van der Waals surface area (Å²) in [6, 6.07) is 9.93. The van der Waals surface area contributed by atoms with Crippen LogP contribution in [0.25, 0.3) is 0 Å². The smallest absolute Gasteiger partial charge is 0.309 e. The van der Waals surface area contributed by atoms with Crippen LogP contribution in [0.15, 0.2) is 42.5 Å². The van der Waals surface area contributed by atoms with E-state index in [-0.39, 0.29) is 43.3 Å². The average molecular weight is 497 g/mol. The number of hydrogen-bond donors (Lipinski definition) is 3. The summed E-state index contributed by atoms with van der Waals surface area (Å²) in [6.45, 7) is 0.0892. The van der Waals surface area contributed by atoms with E-state index in [0.717, 1.165) is 56.9 Å². The van der Waals surface area contributed by atoms with Crippen LogP contribution in [0, 0.1) is 11.8 Å². The maximum absolute atomic E-state index is 13.4. The van der Waals surface area contributed by atoms with Crippen molar-refractivity contribution < 1.29 is 24.2 Å². The van der Waals surface area contributed by atoms with Crippen LogP contribution >= 0.6 is 0 Å². The first kappa shape index (κ1) is 26.4. The molecular weight excluding hydrogens is 456 g/mol. The molecule has 2 amide bonds. The van der Waals surface area contributed by atoms with Crippen LogP contribution in [0.5, 0.6) is 0 Å². The number of cyclic esters (lactones) is 1. The monoisotopic (exact) mass is 496 g/mol. The van der Waals surface area contributed by atoms with Gasteiger partial charge < -0.3 is 20.5 Å². The third kappa shape index (κ3) is 6.75. The van der Waals surface area contributed by atoms with Gasteiger partial charge in [0, 0.05) is 6.42 Å². The molecule has 0 aromatic heterocycles. The highest BCUT2D eigenvalue weighted by atomic mass is 16.5. The van der Waals surface area contributed by atoms with Crippen molar-refractivity contribution in [2.24, 2.45) is 11.8 Å². The Morgan fingerprint density at radius 1 is 0.972 bits per heavy atom. The van der Waals surface area contributed by atoms with Crippen molar-refractivity contribution in [3.63, 3.8) is 0 Å². The molecule has 1 aromatic rings. The highest BCUT2D eigenvalue weighted by Crippen LogP contribution is 2.32. The minimum atomic E-state index is -0.570. The second-order valence-corrected chi connectivity index (χ2v) is 11.0. The van der Waals surface area contributed by atoms with Crippen LogP contribution < -0.4 is 10.6 Å². The van der Waals surface area contributed by atoms with Crippen molar-refractivity contribution in [1.82, 2.24) is 10.6 Å². The fourth-order valence-electron chi connectivity index (χ4n) is 5.96. The number of carbonyl (C=O) groups is 3. The topological polar surface area (TPSA) is 105 Å². The number of aliphatic hydroxyl groups excluding tert-OH is 1. The molecule has 4 rings (SSSR count). The fourth-order valence-corrected chi connectivity index (χ4v) is 5.96. The standard InChI is InChI=1S/C29H40N2O5/c32-20-28(14-6-7-15-28)30-25(33)19-23-12-4-5-13-24(18-22-10-2-1-3-11-22)27(35)36-21-29(31-26(23)34)16-8-9-17-29/h1-5,10-11,23-24,32H,6-9,12-21H2,(H,30,33)(H,31,34)/t23-,24-/m1/s1. The van der Waals surface area contributed by atoms with Crippen molar-refractivity contribution in [2.75, 3.05) is 13.2 Å². The minimum absolute atomic E-state index is 0.0707. The number of allylic oxidation sites excluding steroid dienone is 2. The van der Waals surface area contributed by atoms with Crippen LogP contribution in [-0.2, 0) is 25.5 Å². The summed E-state index contributed by atoms with van der Waals surface area (Å²) in [6.07, 6.45) is 12.4. The first-order valence-corrected chi connectivity index (χ1v) is 13.5. The van der Waals surface area contributed by atoms with Gasteiger partial charge in [0.1, 0.15) is 6.61 Å². The summed E-state index contributed by atoms with van der Waals surface area (Å²) in [4.78, 5) is 39.4. The molecular formula is C29H40N2O5. The average Bonchev–Trinajstić information content (AvgIpc) is 3.54. The zero-order valence-electron chi connectivity index (χ0n) is 21.2. The summed E-state index contributed by atoms with van der Waals surface area (Å²) in [5.74, 6) is -1.41. The molecule has 0 bridgehead atoms. The van der Waals surface area contributed by atoms with Crippen LogP contribution in [0.2, 0.25) is 0 Å². The molecule has 1 aliphatic heterocycles. The van der Waals surface area contributed by atoms with Crippen molar-refractivity contribution in [3.8, 4) is 0 Å². The lowest BCUT2D eigenvalue weighted by Gasteiger charge is -2.33. The molecule has 2 aliphatic carbocycles. The molecule has 7 heteroatoms. The molecule has 3 N–H and O–H groups in total. The molecule has 1 aromatic carbocycles. The van der Waals surface area contributed by atoms with Gasteiger partial charge in [0.05, 0.1) is 29.5 Å². The first-order valence-electron chi connectivity index (χ1n) is 13.5. The van der Waals surface area contributed by atoms with E-state index in [1.165, 1.54) is 0 Å². The maximum Gasteiger partial charge on any atom is 0.309 e. The molecule has 1 spiro atoms. The zero-order valence-corrected chi connectivity index (χ0v) is 21.2. The van der Waals surface area contributed by atoms with Crippen molar-refractivity contribution in [1.29, 1.82) is 0 Å². The van der Waals surface area contributed by atoms with Gasteiger partial charge in [-0.2, -0.15) is 0 Å². The number of rotatable bonds is 6.